The van der Waals surface area contributed by atoms with Crippen molar-refractivity contribution in [1.82, 2.24) is 0 Å². The van der Waals surface area contributed by atoms with Gasteiger partial charge in [-0.1, -0.05) is 0 Å². The maximum atomic E-state index is 9.79. The molecule has 4 aromatic rings. The van der Waals surface area contributed by atoms with Crippen LogP contribution in [0.3, 0.4) is 0 Å². The van der Waals surface area contributed by atoms with Gasteiger partial charge in [-0.25, -0.2) is 0 Å². The summed E-state index contributed by atoms with van der Waals surface area (Å²) in [5.41, 5.74) is 8.85. The molecule has 0 aliphatic carbocycles. The third kappa shape index (κ3) is 7.88. The molecular formula is C35H42O6. The zero-order chi connectivity index (χ0) is 30.4. The summed E-state index contributed by atoms with van der Waals surface area (Å²) in [5, 5.41) is 39.1. The lowest BCUT2D eigenvalue weighted by Gasteiger charge is -2.12. The Balaban J connectivity index is 0.000000232. The molecule has 41 heavy (non-hydrogen) atoms. The average molecular weight is 559 g/mol. The van der Waals surface area contributed by atoms with E-state index in [0.717, 1.165) is 73.6 Å². The van der Waals surface area contributed by atoms with E-state index in [4.69, 9.17) is 9.47 Å². The first-order valence-electron chi connectivity index (χ1n) is 13.7. The number of benzene rings is 4. The van der Waals surface area contributed by atoms with E-state index >= 15 is 0 Å². The number of hydrogen-bond donors (Lipinski definition) is 4. The van der Waals surface area contributed by atoms with Crippen molar-refractivity contribution < 1.29 is 29.9 Å². The van der Waals surface area contributed by atoms with Crippen molar-refractivity contribution in [3.05, 3.63) is 93.0 Å². The summed E-state index contributed by atoms with van der Waals surface area (Å²) in [7, 11) is 0. The van der Waals surface area contributed by atoms with E-state index < -0.39 is 0 Å². The Kier molecular flexibility index (Phi) is 10.2. The molecule has 0 unspecified atom stereocenters. The van der Waals surface area contributed by atoms with Crippen LogP contribution in [0.4, 0.5) is 0 Å². The molecule has 0 radical (unpaired) electrons. The predicted octanol–water partition coefficient (Wildman–Crippen LogP) is 8.18. The first kappa shape index (κ1) is 31.2. The molecule has 0 bridgehead atoms. The molecule has 6 heteroatoms. The molecule has 0 aliphatic heterocycles. The van der Waals surface area contributed by atoms with Gasteiger partial charge < -0.3 is 29.9 Å². The second kappa shape index (κ2) is 13.4. The smallest absolute Gasteiger partial charge is 0.121 e. The molecule has 0 aromatic heterocycles. The summed E-state index contributed by atoms with van der Waals surface area (Å²) in [4.78, 5) is 0. The Labute approximate surface area is 243 Å². The molecule has 0 aliphatic rings. The summed E-state index contributed by atoms with van der Waals surface area (Å²) >= 11 is 0. The lowest BCUT2D eigenvalue weighted by atomic mass is 9.96. The quantitative estimate of drug-likeness (QED) is 0.171. The number of aryl methyl sites for hydroxylation is 8. The number of ether oxygens (including phenoxy) is 2. The average Bonchev–Trinajstić information content (AvgIpc) is 2.91. The minimum absolute atomic E-state index is 0.318. The molecule has 0 amide bonds. The van der Waals surface area contributed by atoms with Crippen LogP contribution in [0, 0.1) is 55.4 Å². The van der Waals surface area contributed by atoms with E-state index in [-0.39, 0.29) is 0 Å². The zero-order valence-electron chi connectivity index (χ0n) is 25.3. The van der Waals surface area contributed by atoms with Gasteiger partial charge in [0.05, 0.1) is 13.2 Å². The van der Waals surface area contributed by atoms with Crippen molar-refractivity contribution in [1.29, 1.82) is 0 Å². The van der Waals surface area contributed by atoms with Gasteiger partial charge in [0.25, 0.3) is 0 Å². The summed E-state index contributed by atoms with van der Waals surface area (Å²) in [6.45, 7) is 16.1. The van der Waals surface area contributed by atoms with Gasteiger partial charge in [0.2, 0.25) is 0 Å². The van der Waals surface area contributed by atoms with Gasteiger partial charge in [-0.05, 0) is 160 Å². The number of aromatic hydroxyl groups is 4. The minimum Gasteiger partial charge on any atom is -0.507 e. The van der Waals surface area contributed by atoms with Crippen LogP contribution in [0.15, 0.2) is 48.5 Å². The molecular weight excluding hydrogens is 516 g/mol. The highest BCUT2D eigenvalue weighted by Gasteiger charge is 2.09. The van der Waals surface area contributed by atoms with Crippen molar-refractivity contribution in [3.8, 4) is 45.6 Å². The Bertz CT molecular complexity index is 1330. The van der Waals surface area contributed by atoms with Gasteiger partial charge in [0.1, 0.15) is 34.5 Å². The van der Waals surface area contributed by atoms with Gasteiger partial charge in [0.15, 0.2) is 0 Å². The van der Waals surface area contributed by atoms with E-state index in [2.05, 4.69) is 0 Å². The van der Waals surface area contributed by atoms with Crippen molar-refractivity contribution in [2.75, 3.05) is 13.2 Å². The fourth-order valence-electron chi connectivity index (χ4n) is 4.68. The second-order valence-electron chi connectivity index (χ2n) is 10.8. The first-order valence-corrected chi connectivity index (χ1v) is 13.7. The van der Waals surface area contributed by atoms with Crippen molar-refractivity contribution >= 4 is 0 Å². The maximum absolute atomic E-state index is 9.79. The summed E-state index contributed by atoms with van der Waals surface area (Å²) in [6, 6.07) is 15.2. The van der Waals surface area contributed by atoms with Gasteiger partial charge in [0, 0.05) is 6.42 Å². The van der Waals surface area contributed by atoms with Crippen molar-refractivity contribution in [2.24, 2.45) is 0 Å². The van der Waals surface area contributed by atoms with E-state index in [1.165, 1.54) is 0 Å². The molecule has 4 rings (SSSR count). The fraction of sp³-hybridized carbons (Fsp3) is 0.314. The molecule has 0 spiro atoms. The number of phenols is 4. The largest absolute Gasteiger partial charge is 0.507 e. The highest BCUT2D eigenvalue weighted by Crippen LogP contribution is 2.33. The molecule has 218 valence electrons. The van der Waals surface area contributed by atoms with Crippen LogP contribution in [0.5, 0.6) is 34.5 Å². The van der Waals surface area contributed by atoms with Crippen LogP contribution in [0.1, 0.15) is 50.9 Å². The molecule has 0 atom stereocenters. The fourth-order valence-corrected chi connectivity index (χ4v) is 4.68. The predicted molar refractivity (Wildman–Crippen MR) is 165 cm³/mol. The molecule has 6 nitrogen and oxygen atoms in total. The molecule has 0 saturated carbocycles. The minimum atomic E-state index is 0.318. The van der Waals surface area contributed by atoms with Gasteiger partial charge in [-0.3, -0.25) is 0 Å². The molecule has 0 heterocycles. The van der Waals surface area contributed by atoms with Crippen LogP contribution >= 0.6 is 0 Å². The van der Waals surface area contributed by atoms with Gasteiger partial charge in [-0.15, -0.1) is 0 Å². The zero-order valence-corrected chi connectivity index (χ0v) is 25.3. The normalized spacial score (nSPS) is 10.6. The van der Waals surface area contributed by atoms with E-state index in [9.17, 15) is 20.4 Å². The Morgan fingerprint density at radius 3 is 0.854 bits per heavy atom. The monoisotopic (exact) mass is 558 g/mol. The third-order valence-electron chi connectivity index (χ3n) is 7.07. The highest BCUT2D eigenvalue weighted by molar-refractivity contribution is 5.70. The standard InChI is InChI=1S/C19H24O4.C16H18O2/c1-12-8-16(9-13(2)18(12)20)22-6-5-7-23-17-10-14(3)19(21)15(4)11-17;1-9-5-13(6-10(2)15(9)17)14-7-11(3)16(18)12(4)8-14/h8-11,20-21H,5-7H2,1-4H3;5-8,17-18H,1-4H3. The van der Waals surface area contributed by atoms with Crippen LogP contribution in [0.2, 0.25) is 0 Å². The van der Waals surface area contributed by atoms with Crippen LogP contribution in [0.25, 0.3) is 11.1 Å². The van der Waals surface area contributed by atoms with Crippen LogP contribution < -0.4 is 9.47 Å². The lowest BCUT2D eigenvalue weighted by molar-refractivity contribution is 0.247. The molecule has 4 aromatic carbocycles. The molecule has 0 fully saturated rings. The highest BCUT2D eigenvalue weighted by atomic mass is 16.5. The number of phenolic OH excluding ortho intramolecular Hbond substituents is 4. The van der Waals surface area contributed by atoms with Gasteiger partial charge >= 0.3 is 0 Å². The van der Waals surface area contributed by atoms with Crippen LogP contribution in [-0.2, 0) is 0 Å². The van der Waals surface area contributed by atoms with E-state index in [1.807, 2.05) is 104 Å². The van der Waals surface area contributed by atoms with Crippen LogP contribution in [-0.4, -0.2) is 33.6 Å². The molecule has 0 saturated heterocycles. The summed E-state index contributed by atoms with van der Waals surface area (Å²) < 4.78 is 11.4. The Morgan fingerprint density at radius 2 is 0.610 bits per heavy atom. The SMILES string of the molecule is Cc1cc(-c2cc(C)c(O)c(C)c2)cc(C)c1O.Cc1cc(OCCCOc2cc(C)c(O)c(C)c2)cc(C)c1O. The van der Waals surface area contributed by atoms with E-state index in [0.29, 0.717) is 36.2 Å². The Morgan fingerprint density at radius 1 is 0.390 bits per heavy atom. The van der Waals surface area contributed by atoms with Crippen molar-refractivity contribution in [3.63, 3.8) is 0 Å². The second-order valence-corrected chi connectivity index (χ2v) is 10.8. The number of rotatable bonds is 7. The van der Waals surface area contributed by atoms with E-state index in [1.54, 1.807) is 0 Å². The maximum Gasteiger partial charge on any atom is 0.121 e. The summed E-state index contributed by atoms with van der Waals surface area (Å²) in [5.74, 6) is 2.86. The lowest BCUT2D eigenvalue weighted by Crippen LogP contribution is -2.05. The topological polar surface area (TPSA) is 99.4 Å². The Hall–Kier alpha value is -4.32. The van der Waals surface area contributed by atoms with Crippen molar-refractivity contribution in [2.45, 2.75) is 61.8 Å². The van der Waals surface area contributed by atoms with Gasteiger partial charge in [-0.2, -0.15) is 0 Å². The third-order valence-corrected chi connectivity index (χ3v) is 7.07. The number of hydrogen-bond acceptors (Lipinski definition) is 6. The molecule has 4 N–H and O–H groups in total. The first-order chi connectivity index (χ1) is 19.3. The summed E-state index contributed by atoms with van der Waals surface area (Å²) in [6.07, 6.45) is 0.748.